The summed E-state index contributed by atoms with van der Waals surface area (Å²) in [6.45, 7) is 4.78. The zero-order chi connectivity index (χ0) is 19.0. The molecule has 0 saturated carbocycles. The number of pyridine rings is 1. The van der Waals surface area contributed by atoms with E-state index in [0.717, 1.165) is 0 Å². The van der Waals surface area contributed by atoms with E-state index in [1.165, 1.54) is 30.3 Å². The summed E-state index contributed by atoms with van der Waals surface area (Å²) in [5.41, 5.74) is -0.735. The molecular weight excluding hydrogens is 350 g/mol. The van der Waals surface area contributed by atoms with Crippen molar-refractivity contribution in [2.24, 2.45) is 5.14 Å². The maximum Gasteiger partial charge on any atom is 0.425 e. The summed E-state index contributed by atoms with van der Waals surface area (Å²) in [5, 5.41) is 14.7. The van der Waals surface area contributed by atoms with Crippen LogP contribution in [0.3, 0.4) is 0 Å². The second kappa shape index (κ2) is 6.30. The van der Waals surface area contributed by atoms with Crippen LogP contribution in [0, 0.1) is 0 Å². The molecule has 2 aromatic rings. The Balaban J connectivity index is 2.56. The fraction of sp³-hybridized carbons (Fsp3) is 0.267. The molecule has 134 valence electrons. The number of ether oxygens (including phenoxy) is 1. The van der Waals surface area contributed by atoms with Crippen LogP contribution in [0.15, 0.2) is 35.2 Å². The number of amides is 2. The van der Waals surface area contributed by atoms with E-state index in [2.05, 4.69) is 4.98 Å². The van der Waals surface area contributed by atoms with E-state index in [1.807, 2.05) is 0 Å². The van der Waals surface area contributed by atoms with Crippen LogP contribution in [-0.2, 0) is 14.8 Å². The third-order valence-corrected chi connectivity index (χ3v) is 3.95. The lowest BCUT2D eigenvalue weighted by Gasteiger charge is -2.24. The number of aromatic nitrogens is 1. The minimum Gasteiger partial charge on any atom is -0.464 e. The van der Waals surface area contributed by atoms with Crippen molar-refractivity contribution in [2.75, 3.05) is 4.90 Å². The quantitative estimate of drug-likeness (QED) is 0.830. The summed E-state index contributed by atoms with van der Waals surface area (Å²) in [6.07, 6.45) is -2.70. The van der Waals surface area contributed by atoms with E-state index in [-0.39, 0.29) is 21.6 Å². The Morgan fingerprint density at radius 1 is 1.20 bits per heavy atom. The number of carboxylic acid groups (broad SMARTS) is 1. The van der Waals surface area contributed by atoms with Crippen molar-refractivity contribution in [3.05, 3.63) is 30.3 Å². The summed E-state index contributed by atoms with van der Waals surface area (Å²) in [7, 11) is -3.98. The molecule has 9 nitrogen and oxygen atoms in total. The third-order valence-electron chi connectivity index (χ3n) is 2.98. The van der Waals surface area contributed by atoms with E-state index in [9.17, 15) is 23.1 Å². The first kappa shape index (κ1) is 18.6. The molecule has 0 spiro atoms. The van der Waals surface area contributed by atoms with Crippen LogP contribution >= 0.6 is 0 Å². The molecule has 0 aliphatic carbocycles. The number of anilines is 1. The molecule has 10 heteroatoms. The maximum atomic E-state index is 12.1. The predicted octanol–water partition coefficient (Wildman–Crippen LogP) is 2.30. The van der Waals surface area contributed by atoms with Gasteiger partial charge in [0.2, 0.25) is 10.0 Å². The molecule has 1 heterocycles. The number of hydrogen-bond acceptors (Lipinski definition) is 6. The molecule has 0 fully saturated rings. The minimum absolute atomic E-state index is 0.150. The van der Waals surface area contributed by atoms with Gasteiger partial charge in [0.25, 0.3) is 0 Å². The van der Waals surface area contributed by atoms with Crippen molar-refractivity contribution >= 4 is 38.9 Å². The monoisotopic (exact) mass is 367 g/mol. The molecule has 1 aromatic heterocycles. The average molecular weight is 367 g/mol. The highest BCUT2D eigenvalue weighted by Crippen LogP contribution is 2.25. The molecule has 1 aromatic carbocycles. The third kappa shape index (κ3) is 4.22. The molecule has 0 radical (unpaired) electrons. The number of imide groups is 1. The van der Waals surface area contributed by atoms with E-state index in [0.29, 0.717) is 4.90 Å². The molecule has 0 aliphatic heterocycles. The van der Waals surface area contributed by atoms with Gasteiger partial charge >= 0.3 is 12.2 Å². The SMILES string of the molecule is CC(C)(C)OC(=O)N(C(=O)O)c1ccc2c(S(N)(=O)=O)cccc2n1. The number of primary sulfonamides is 1. The fourth-order valence-electron chi connectivity index (χ4n) is 2.07. The standard InChI is InChI=1S/C15H17N3O6S/c1-15(2,3)24-14(21)18(13(19)20)12-8-7-9-10(17-12)5-4-6-11(9)25(16,22)23/h4-8H,1-3H3,(H,19,20)(H2,16,22,23). The van der Waals surface area contributed by atoms with Gasteiger partial charge in [0.15, 0.2) is 0 Å². The Labute approximate surface area is 144 Å². The van der Waals surface area contributed by atoms with Gasteiger partial charge in [-0.05, 0) is 45.0 Å². The topological polar surface area (TPSA) is 140 Å². The number of sulfonamides is 1. The Kier molecular flexibility index (Phi) is 4.69. The second-order valence-corrected chi connectivity index (χ2v) is 7.67. The lowest BCUT2D eigenvalue weighted by molar-refractivity contribution is 0.0581. The number of nitrogens with zero attached hydrogens (tertiary/aromatic N) is 2. The van der Waals surface area contributed by atoms with Crippen LogP contribution in [0.5, 0.6) is 0 Å². The summed E-state index contributed by atoms with van der Waals surface area (Å²) >= 11 is 0. The fourth-order valence-corrected chi connectivity index (χ4v) is 2.81. The van der Waals surface area contributed by atoms with Crippen LogP contribution in [-0.4, -0.2) is 36.3 Å². The summed E-state index contributed by atoms with van der Waals surface area (Å²) in [6, 6.07) is 6.73. The average Bonchev–Trinajstić information content (AvgIpc) is 2.43. The van der Waals surface area contributed by atoms with Gasteiger partial charge in [-0.1, -0.05) is 6.07 Å². The van der Waals surface area contributed by atoms with Gasteiger partial charge in [0.05, 0.1) is 10.4 Å². The van der Waals surface area contributed by atoms with Crippen molar-refractivity contribution in [3.8, 4) is 0 Å². The Morgan fingerprint density at radius 2 is 1.84 bits per heavy atom. The van der Waals surface area contributed by atoms with Gasteiger partial charge in [-0.25, -0.2) is 28.1 Å². The first-order chi connectivity index (χ1) is 11.4. The molecule has 25 heavy (non-hydrogen) atoms. The van der Waals surface area contributed by atoms with Gasteiger partial charge in [0.1, 0.15) is 11.4 Å². The Hall–Kier alpha value is -2.72. The van der Waals surface area contributed by atoms with Gasteiger partial charge in [-0.3, -0.25) is 0 Å². The van der Waals surface area contributed by atoms with Gasteiger partial charge in [-0.2, -0.15) is 4.90 Å². The van der Waals surface area contributed by atoms with Gasteiger partial charge < -0.3 is 9.84 Å². The van der Waals surface area contributed by atoms with Gasteiger partial charge in [-0.15, -0.1) is 0 Å². The van der Waals surface area contributed by atoms with Crippen LogP contribution in [0.4, 0.5) is 15.4 Å². The highest BCUT2D eigenvalue weighted by atomic mass is 32.2. The number of carbonyl (C=O) groups is 2. The number of carbonyl (C=O) groups excluding carboxylic acids is 1. The summed E-state index contributed by atoms with van der Waals surface area (Å²) < 4.78 is 28.3. The first-order valence-electron chi connectivity index (χ1n) is 7.09. The van der Waals surface area contributed by atoms with Crippen LogP contribution in [0.2, 0.25) is 0 Å². The lowest BCUT2D eigenvalue weighted by Crippen LogP contribution is -2.40. The zero-order valence-corrected chi connectivity index (χ0v) is 14.6. The normalized spacial score (nSPS) is 12.0. The number of rotatable bonds is 2. The molecule has 0 atom stereocenters. The number of hydrogen-bond donors (Lipinski definition) is 2. The minimum atomic E-state index is -3.98. The van der Waals surface area contributed by atoms with Gasteiger partial charge in [0, 0.05) is 5.39 Å². The number of benzene rings is 1. The van der Waals surface area contributed by atoms with Crippen LogP contribution in [0.25, 0.3) is 10.9 Å². The summed E-state index contributed by atoms with van der Waals surface area (Å²) in [4.78, 5) is 27.8. The highest BCUT2D eigenvalue weighted by molar-refractivity contribution is 7.89. The van der Waals surface area contributed by atoms with E-state index >= 15 is 0 Å². The summed E-state index contributed by atoms with van der Waals surface area (Å²) in [5.74, 6) is -0.221. The first-order valence-corrected chi connectivity index (χ1v) is 8.63. The molecule has 2 rings (SSSR count). The molecule has 0 bridgehead atoms. The van der Waals surface area contributed by atoms with Crippen molar-refractivity contribution < 1.29 is 27.9 Å². The van der Waals surface area contributed by atoms with Crippen molar-refractivity contribution in [2.45, 2.75) is 31.3 Å². The van der Waals surface area contributed by atoms with Crippen LogP contribution in [0.1, 0.15) is 20.8 Å². The Bertz CT molecular complexity index is 949. The molecule has 0 saturated heterocycles. The Morgan fingerprint density at radius 3 is 2.36 bits per heavy atom. The number of nitrogens with two attached hydrogens (primary N) is 1. The molecular formula is C15H17N3O6S. The van der Waals surface area contributed by atoms with E-state index in [1.54, 1.807) is 20.8 Å². The lowest BCUT2D eigenvalue weighted by atomic mass is 10.2. The molecule has 0 aliphatic rings. The largest absolute Gasteiger partial charge is 0.464 e. The van der Waals surface area contributed by atoms with Crippen molar-refractivity contribution in [1.82, 2.24) is 4.98 Å². The maximum absolute atomic E-state index is 12.1. The second-order valence-electron chi connectivity index (χ2n) is 6.14. The zero-order valence-electron chi connectivity index (χ0n) is 13.8. The number of fused-ring (bicyclic) bond motifs is 1. The van der Waals surface area contributed by atoms with Crippen molar-refractivity contribution in [3.63, 3.8) is 0 Å². The van der Waals surface area contributed by atoms with Crippen molar-refractivity contribution in [1.29, 1.82) is 0 Å². The molecule has 0 unspecified atom stereocenters. The predicted molar refractivity (Wildman–Crippen MR) is 89.9 cm³/mol. The smallest absolute Gasteiger partial charge is 0.425 e. The molecule has 2 amide bonds. The molecule has 3 N–H and O–H groups in total. The highest BCUT2D eigenvalue weighted by Gasteiger charge is 2.30. The van der Waals surface area contributed by atoms with E-state index in [4.69, 9.17) is 9.88 Å². The van der Waals surface area contributed by atoms with Crippen LogP contribution < -0.4 is 10.0 Å². The van der Waals surface area contributed by atoms with E-state index < -0.39 is 27.8 Å².